The van der Waals surface area contributed by atoms with Crippen molar-refractivity contribution in [2.75, 3.05) is 45.9 Å². The molecule has 0 spiro atoms. The van der Waals surface area contributed by atoms with E-state index in [1.54, 1.807) is 0 Å². The highest BCUT2D eigenvalue weighted by Gasteiger charge is 2.24. The first-order chi connectivity index (χ1) is 10.8. The largest absolute Gasteiger partial charge is 0.378 e. The molecule has 2 aliphatic rings. The molecule has 1 atom stereocenters. The maximum atomic E-state index is 12.3. The normalized spacial score (nSPS) is 23.5. The second kappa shape index (κ2) is 7.67. The summed E-state index contributed by atoms with van der Waals surface area (Å²) in [7, 11) is 0. The molecule has 0 bridgehead atoms. The molecule has 2 saturated heterocycles. The van der Waals surface area contributed by atoms with E-state index in [0.29, 0.717) is 13.0 Å². The average molecular weight is 304 g/mol. The zero-order valence-electron chi connectivity index (χ0n) is 12.9. The molecular weight excluding hydrogens is 280 g/mol. The molecule has 6 heteroatoms. The van der Waals surface area contributed by atoms with Gasteiger partial charge < -0.3 is 15.0 Å². The van der Waals surface area contributed by atoms with Gasteiger partial charge in [-0.3, -0.25) is 14.7 Å². The third kappa shape index (κ3) is 4.25. The van der Waals surface area contributed by atoms with Crippen LogP contribution in [0.5, 0.6) is 0 Å². The van der Waals surface area contributed by atoms with Crippen LogP contribution in [0.25, 0.3) is 0 Å². The lowest BCUT2D eigenvalue weighted by Gasteiger charge is -2.35. The number of hydrogen-bond donors (Lipinski definition) is 1. The van der Waals surface area contributed by atoms with E-state index in [0.717, 1.165) is 51.6 Å². The van der Waals surface area contributed by atoms with Crippen molar-refractivity contribution in [3.63, 3.8) is 0 Å². The van der Waals surface area contributed by atoms with Gasteiger partial charge in [0.2, 0.25) is 5.91 Å². The molecule has 0 aliphatic carbocycles. The third-order valence-electron chi connectivity index (χ3n) is 4.26. The number of nitrogens with one attached hydrogen (secondary N) is 1. The molecule has 0 aromatic carbocycles. The number of rotatable bonds is 4. The lowest BCUT2D eigenvalue weighted by atomic mass is 10.1. The van der Waals surface area contributed by atoms with E-state index in [1.165, 1.54) is 0 Å². The zero-order valence-corrected chi connectivity index (χ0v) is 12.9. The highest BCUT2D eigenvalue weighted by molar-refractivity contribution is 5.77. The van der Waals surface area contributed by atoms with Crippen molar-refractivity contribution in [2.45, 2.75) is 19.0 Å². The average Bonchev–Trinajstić information content (AvgIpc) is 2.57. The summed E-state index contributed by atoms with van der Waals surface area (Å²) in [6, 6.07) is 6.17. The summed E-state index contributed by atoms with van der Waals surface area (Å²) >= 11 is 0. The molecule has 1 amide bonds. The Balaban J connectivity index is 1.42. The minimum atomic E-state index is 0.174. The quantitative estimate of drug-likeness (QED) is 0.855. The molecule has 1 aromatic heterocycles. The summed E-state index contributed by atoms with van der Waals surface area (Å²) in [5, 5.41) is 3.34. The van der Waals surface area contributed by atoms with Gasteiger partial charge in [0.05, 0.1) is 18.9 Å². The predicted octanol–water partition coefficient (Wildman–Crippen LogP) is 0.104. The molecule has 6 nitrogen and oxygen atoms in total. The van der Waals surface area contributed by atoms with Gasteiger partial charge in [0.1, 0.15) is 0 Å². The van der Waals surface area contributed by atoms with Crippen molar-refractivity contribution in [3.05, 3.63) is 30.1 Å². The van der Waals surface area contributed by atoms with Crippen LogP contribution in [0.3, 0.4) is 0 Å². The Labute approximate surface area is 131 Å². The molecule has 1 aromatic rings. The SMILES string of the molecule is O=C(C[C@@H]1COCCN1)N1CCN(Cc2ccccn2)CC1. The number of pyridine rings is 1. The monoisotopic (exact) mass is 304 g/mol. The molecule has 2 fully saturated rings. The smallest absolute Gasteiger partial charge is 0.224 e. The van der Waals surface area contributed by atoms with Crippen LogP contribution in [0.2, 0.25) is 0 Å². The van der Waals surface area contributed by atoms with Crippen molar-refractivity contribution in [3.8, 4) is 0 Å². The van der Waals surface area contributed by atoms with E-state index >= 15 is 0 Å². The molecule has 0 unspecified atom stereocenters. The third-order valence-corrected chi connectivity index (χ3v) is 4.26. The van der Waals surface area contributed by atoms with Crippen LogP contribution in [-0.2, 0) is 16.1 Å². The number of aromatic nitrogens is 1. The number of ether oxygens (including phenoxy) is 1. The Kier molecular flexibility index (Phi) is 5.37. The number of hydrogen-bond acceptors (Lipinski definition) is 5. The number of carbonyl (C=O) groups excluding carboxylic acids is 1. The lowest BCUT2D eigenvalue weighted by molar-refractivity contribution is -0.134. The molecular formula is C16H24N4O2. The second-order valence-corrected chi connectivity index (χ2v) is 5.91. The fraction of sp³-hybridized carbons (Fsp3) is 0.625. The van der Waals surface area contributed by atoms with Crippen LogP contribution in [0, 0.1) is 0 Å². The number of piperazine rings is 1. The van der Waals surface area contributed by atoms with Crippen molar-refractivity contribution in [2.24, 2.45) is 0 Å². The van der Waals surface area contributed by atoms with E-state index in [1.807, 2.05) is 29.3 Å². The standard InChI is InChI=1S/C16H24N4O2/c21-16(11-15-13-22-10-5-18-15)20-8-6-19(7-9-20)12-14-3-1-2-4-17-14/h1-4,15,18H,5-13H2/t15-/m1/s1. The molecule has 3 rings (SSSR count). The van der Waals surface area contributed by atoms with Gasteiger partial charge in [0.25, 0.3) is 0 Å². The van der Waals surface area contributed by atoms with Gasteiger partial charge in [-0.25, -0.2) is 0 Å². The van der Waals surface area contributed by atoms with E-state index in [2.05, 4.69) is 15.2 Å². The van der Waals surface area contributed by atoms with Gasteiger partial charge in [0.15, 0.2) is 0 Å². The summed E-state index contributed by atoms with van der Waals surface area (Å²) in [4.78, 5) is 21.0. The number of carbonyl (C=O) groups is 1. The topological polar surface area (TPSA) is 57.7 Å². The van der Waals surface area contributed by atoms with E-state index in [4.69, 9.17) is 4.74 Å². The zero-order chi connectivity index (χ0) is 15.2. The Morgan fingerprint density at radius 3 is 2.86 bits per heavy atom. The molecule has 1 N–H and O–H groups in total. The number of nitrogens with zero attached hydrogens (tertiary/aromatic N) is 3. The summed E-state index contributed by atoms with van der Waals surface area (Å²) in [5.74, 6) is 0.237. The minimum absolute atomic E-state index is 0.174. The van der Waals surface area contributed by atoms with Crippen molar-refractivity contribution >= 4 is 5.91 Å². The highest BCUT2D eigenvalue weighted by atomic mass is 16.5. The van der Waals surface area contributed by atoms with Gasteiger partial charge in [-0.2, -0.15) is 0 Å². The fourth-order valence-electron chi connectivity index (χ4n) is 2.97. The molecule has 22 heavy (non-hydrogen) atoms. The van der Waals surface area contributed by atoms with Gasteiger partial charge in [-0.1, -0.05) is 6.07 Å². The molecule has 0 radical (unpaired) electrons. The van der Waals surface area contributed by atoms with Crippen LogP contribution >= 0.6 is 0 Å². The number of amides is 1. The summed E-state index contributed by atoms with van der Waals surface area (Å²) in [6.45, 7) is 6.53. The first kappa shape index (κ1) is 15.4. The van der Waals surface area contributed by atoms with E-state index in [-0.39, 0.29) is 11.9 Å². The second-order valence-electron chi connectivity index (χ2n) is 5.91. The van der Waals surface area contributed by atoms with Gasteiger partial charge in [-0.05, 0) is 12.1 Å². The van der Waals surface area contributed by atoms with Crippen LogP contribution in [0.15, 0.2) is 24.4 Å². The van der Waals surface area contributed by atoms with Crippen LogP contribution in [-0.4, -0.2) is 72.7 Å². The van der Waals surface area contributed by atoms with Gasteiger partial charge in [-0.15, -0.1) is 0 Å². The van der Waals surface area contributed by atoms with Crippen LogP contribution in [0.4, 0.5) is 0 Å². The van der Waals surface area contributed by atoms with Crippen molar-refractivity contribution in [1.82, 2.24) is 20.1 Å². The van der Waals surface area contributed by atoms with Crippen molar-refractivity contribution in [1.29, 1.82) is 0 Å². The van der Waals surface area contributed by atoms with Gasteiger partial charge >= 0.3 is 0 Å². The summed E-state index contributed by atoms with van der Waals surface area (Å²) in [5.41, 5.74) is 1.09. The summed E-state index contributed by atoms with van der Waals surface area (Å²) in [6.07, 6.45) is 2.37. The van der Waals surface area contributed by atoms with Crippen LogP contribution < -0.4 is 5.32 Å². The lowest BCUT2D eigenvalue weighted by Crippen LogP contribution is -2.51. The number of morpholine rings is 1. The van der Waals surface area contributed by atoms with E-state index < -0.39 is 0 Å². The first-order valence-electron chi connectivity index (χ1n) is 8.02. The Bertz CT molecular complexity index is 468. The Morgan fingerprint density at radius 1 is 1.32 bits per heavy atom. The molecule has 120 valence electrons. The van der Waals surface area contributed by atoms with Crippen molar-refractivity contribution < 1.29 is 9.53 Å². The maximum Gasteiger partial charge on any atom is 0.224 e. The fourth-order valence-corrected chi connectivity index (χ4v) is 2.97. The Morgan fingerprint density at radius 2 is 2.18 bits per heavy atom. The van der Waals surface area contributed by atoms with E-state index in [9.17, 15) is 4.79 Å². The molecule has 0 saturated carbocycles. The maximum absolute atomic E-state index is 12.3. The predicted molar refractivity (Wildman–Crippen MR) is 83.3 cm³/mol. The van der Waals surface area contributed by atoms with Gasteiger partial charge in [0, 0.05) is 57.9 Å². The molecule has 3 heterocycles. The first-order valence-corrected chi connectivity index (χ1v) is 8.02. The summed E-state index contributed by atoms with van der Waals surface area (Å²) < 4.78 is 5.41. The minimum Gasteiger partial charge on any atom is -0.378 e. The Hall–Kier alpha value is -1.50. The molecule has 2 aliphatic heterocycles. The highest BCUT2D eigenvalue weighted by Crippen LogP contribution is 2.09. The van der Waals surface area contributed by atoms with Crippen LogP contribution in [0.1, 0.15) is 12.1 Å².